The topological polar surface area (TPSA) is 71.3 Å². The highest BCUT2D eigenvalue weighted by Gasteiger charge is 2.51. The van der Waals surface area contributed by atoms with E-state index in [0.717, 1.165) is 45.1 Å². The molecule has 3 aromatic rings. The summed E-state index contributed by atoms with van der Waals surface area (Å²) in [4.78, 5) is 25.3. The number of carbonyl (C=O) groups is 2. The van der Waals surface area contributed by atoms with Crippen molar-refractivity contribution in [2.24, 2.45) is 23.2 Å². The molecule has 0 aliphatic heterocycles. The van der Waals surface area contributed by atoms with Crippen LogP contribution in [0.15, 0.2) is 47.1 Å². The van der Waals surface area contributed by atoms with E-state index in [-0.39, 0.29) is 23.7 Å². The van der Waals surface area contributed by atoms with Crippen molar-refractivity contribution in [1.82, 2.24) is 10.9 Å². The minimum absolute atomic E-state index is 0.0576. The smallest absolute Gasteiger partial charge is 0.242 e. The van der Waals surface area contributed by atoms with E-state index in [0.29, 0.717) is 6.42 Å². The minimum Gasteiger partial charge on any atom is -0.464 e. The third-order valence-electron chi connectivity index (χ3n) is 7.93. The molecule has 5 heteroatoms. The highest BCUT2D eigenvalue weighted by Crippen LogP contribution is 2.61. The van der Waals surface area contributed by atoms with Crippen LogP contribution in [0.3, 0.4) is 0 Å². The summed E-state index contributed by atoms with van der Waals surface area (Å²) in [5, 5.41) is 3.15. The molecule has 4 saturated carbocycles. The van der Waals surface area contributed by atoms with E-state index >= 15 is 0 Å². The van der Waals surface area contributed by atoms with Gasteiger partial charge in [0.2, 0.25) is 11.8 Å². The molecule has 0 radical (unpaired) electrons. The first-order chi connectivity index (χ1) is 15.1. The van der Waals surface area contributed by atoms with Crippen LogP contribution in [0.4, 0.5) is 0 Å². The van der Waals surface area contributed by atoms with Gasteiger partial charge in [-0.1, -0.05) is 30.3 Å². The number of hydrogen-bond donors (Lipinski definition) is 2. The molecule has 2 amide bonds. The van der Waals surface area contributed by atoms with Gasteiger partial charge >= 0.3 is 0 Å². The Bertz CT molecular complexity index is 1140. The number of carbonyl (C=O) groups excluding carboxylic acids is 2. The van der Waals surface area contributed by atoms with Gasteiger partial charge in [-0.25, -0.2) is 0 Å². The van der Waals surface area contributed by atoms with Crippen molar-refractivity contribution in [3.05, 3.63) is 48.2 Å². The van der Waals surface area contributed by atoms with Crippen LogP contribution in [0.2, 0.25) is 0 Å². The number of amides is 2. The molecular formula is C26H28N2O3. The molecule has 2 N–H and O–H groups in total. The maximum absolute atomic E-state index is 12.7. The Balaban J connectivity index is 1.11. The largest absolute Gasteiger partial charge is 0.464 e. The fourth-order valence-corrected chi connectivity index (χ4v) is 7.25. The third kappa shape index (κ3) is 3.40. The van der Waals surface area contributed by atoms with E-state index in [9.17, 15) is 9.59 Å². The van der Waals surface area contributed by atoms with Gasteiger partial charge in [-0.2, -0.15) is 0 Å². The van der Waals surface area contributed by atoms with Crippen molar-refractivity contribution in [1.29, 1.82) is 0 Å². The van der Waals surface area contributed by atoms with Crippen molar-refractivity contribution in [2.75, 3.05) is 0 Å². The lowest BCUT2D eigenvalue weighted by Gasteiger charge is -2.56. The van der Waals surface area contributed by atoms with Gasteiger partial charge in [0, 0.05) is 17.4 Å². The first-order valence-corrected chi connectivity index (χ1v) is 11.5. The fraction of sp³-hybridized carbons (Fsp3) is 0.462. The van der Waals surface area contributed by atoms with E-state index < -0.39 is 0 Å². The molecule has 0 unspecified atom stereocenters. The number of furan rings is 1. The predicted molar refractivity (Wildman–Crippen MR) is 119 cm³/mol. The maximum atomic E-state index is 12.7. The van der Waals surface area contributed by atoms with Gasteiger partial charge in [-0.05, 0) is 78.5 Å². The highest BCUT2D eigenvalue weighted by atomic mass is 16.3. The zero-order valence-electron chi connectivity index (χ0n) is 17.7. The number of fused-ring (bicyclic) bond motifs is 3. The Kier molecular flexibility index (Phi) is 4.34. The number of hydrogen-bond acceptors (Lipinski definition) is 3. The minimum atomic E-state index is -0.227. The van der Waals surface area contributed by atoms with Gasteiger partial charge in [0.05, 0.1) is 12.7 Å². The third-order valence-corrected chi connectivity index (χ3v) is 7.93. The SMILES string of the molecule is O=C(Cc1coc2ccc3ccccc3c12)NNC(=O)CC12CC3CC(CC(C3)C1)C2. The quantitative estimate of drug-likeness (QED) is 0.595. The lowest BCUT2D eigenvalue weighted by atomic mass is 9.49. The first kappa shape index (κ1) is 18.9. The summed E-state index contributed by atoms with van der Waals surface area (Å²) in [6, 6.07) is 12.0. The molecular weight excluding hydrogens is 388 g/mol. The molecule has 0 atom stereocenters. The monoisotopic (exact) mass is 416 g/mol. The number of benzene rings is 2. The molecule has 4 bridgehead atoms. The van der Waals surface area contributed by atoms with Gasteiger partial charge in [-0.3, -0.25) is 20.4 Å². The van der Waals surface area contributed by atoms with E-state index in [2.05, 4.69) is 16.9 Å². The second kappa shape index (κ2) is 7.11. The number of nitrogens with one attached hydrogen (secondary N) is 2. The average molecular weight is 417 g/mol. The second-order valence-corrected chi connectivity index (χ2v) is 10.3. The van der Waals surface area contributed by atoms with Crippen LogP contribution < -0.4 is 10.9 Å². The van der Waals surface area contributed by atoms with Crippen LogP contribution >= 0.6 is 0 Å². The van der Waals surface area contributed by atoms with Crippen molar-refractivity contribution in [2.45, 2.75) is 51.4 Å². The van der Waals surface area contributed by atoms with Gasteiger partial charge in [0.1, 0.15) is 5.58 Å². The Morgan fingerprint density at radius 3 is 2.32 bits per heavy atom. The van der Waals surface area contributed by atoms with Gasteiger partial charge in [0.25, 0.3) is 0 Å². The number of hydrazine groups is 1. The van der Waals surface area contributed by atoms with Crippen molar-refractivity contribution in [3.8, 4) is 0 Å². The summed E-state index contributed by atoms with van der Waals surface area (Å²) in [6.45, 7) is 0. The molecule has 7 rings (SSSR count). The molecule has 4 fully saturated rings. The van der Waals surface area contributed by atoms with Gasteiger partial charge in [-0.15, -0.1) is 0 Å². The Labute approximate surface area is 181 Å². The summed E-state index contributed by atoms with van der Waals surface area (Å²) < 4.78 is 5.68. The molecule has 160 valence electrons. The molecule has 5 nitrogen and oxygen atoms in total. The molecule has 0 spiro atoms. The van der Waals surface area contributed by atoms with E-state index in [1.807, 2.05) is 30.3 Å². The average Bonchev–Trinajstić information content (AvgIpc) is 3.14. The Morgan fingerprint density at radius 2 is 1.58 bits per heavy atom. The highest BCUT2D eigenvalue weighted by molar-refractivity contribution is 6.08. The Morgan fingerprint density at radius 1 is 0.903 bits per heavy atom. The molecule has 4 aliphatic carbocycles. The zero-order chi connectivity index (χ0) is 21.0. The molecule has 1 aromatic heterocycles. The van der Waals surface area contributed by atoms with Gasteiger partial charge < -0.3 is 4.42 Å². The van der Waals surface area contributed by atoms with E-state index in [4.69, 9.17) is 4.42 Å². The first-order valence-electron chi connectivity index (χ1n) is 11.5. The summed E-state index contributed by atoms with van der Waals surface area (Å²) in [5.74, 6) is 2.17. The van der Waals surface area contributed by atoms with Crippen molar-refractivity contribution in [3.63, 3.8) is 0 Å². The molecule has 4 aliphatic rings. The van der Waals surface area contributed by atoms with Crippen LogP contribution in [0.5, 0.6) is 0 Å². The van der Waals surface area contributed by atoms with Crippen molar-refractivity contribution >= 4 is 33.6 Å². The maximum Gasteiger partial charge on any atom is 0.242 e. The van der Waals surface area contributed by atoms with Crippen molar-refractivity contribution < 1.29 is 14.0 Å². The predicted octanol–water partition coefficient (Wildman–Crippen LogP) is 4.88. The number of rotatable bonds is 4. The molecule has 2 aromatic carbocycles. The lowest BCUT2D eigenvalue weighted by molar-refractivity contribution is -0.134. The van der Waals surface area contributed by atoms with E-state index in [1.165, 1.54) is 38.5 Å². The molecule has 1 heterocycles. The lowest BCUT2D eigenvalue weighted by Crippen LogP contribution is -2.50. The summed E-state index contributed by atoms with van der Waals surface area (Å²) in [6.07, 6.45) is 10.0. The standard InChI is InChI=1S/C26H28N2O3/c29-23(10-20-15-31-22-6-5-19-3-1-2-4-21(19)25(20)22)27-28-24(30)14-26-11-16-7-17(12-26)9-18(8-16)13-26/h1-6,15-18H,7-14H2,(H,27,29)(H,28,30). The van der Waals surface area contributed by atoms with Crippen LogP contribution in [0.25, 0.3) is 21.7 Å². The fourth-order valence-electron chi connectivity index (χ4n) is 7.25. The van der Waals surface area contributed by atoms with Crippen LogP contribution in [0.1, 0.15) is 50.5 Å². The van der Waals surface area contributed by atoms with E-state index in [1.54, 1.807) is 6.26 Å². The van der Waals surface area contributed by atoms with Crippen LogP contribution in [-0.4, -0.2) is 11.8 Å². The van der Waals surface area contributed by atoms with Crippen LogP contribution in [0, 0.1) is 23.2 Å². The van der Waals surface area contributed by atoms with Gasteiger partial charge in [0.15, 0.2) is 0 Å². The molecule has 0 saturated heterocycles. The summed E-state index contributed by atoms with van der Waals surface area (Å²) in [7, 11) is 0. The normalized spacial score (nSPS) is 28.8. The summed E-state index contributed by atoms with van der Waals surface area (Å²) >= 11 is 0. The van der Waals surface area contributed by atoms with Crippen LogP contribution in [-0.2, 0) is 16.0 Å². The Hall–Kier alpha value is -2.82. The molecule has 31 heavy (non-hydrogen) atoms. The summed E-state index contributed by atoms with van der Waals surface area (Å²) in [5.41, 5.74) is 7.10. The zero-order valence-corrected chi connectivity index (χ0v) is 17.7. The second-order valence-electron chi connectivity index (χ2n) is 10.3.